The molecular formula is C15H15NO3. The van der Waals surface area contributed by atoms with Crippen LogP contribution in [0.15, 0.2) is 42.6 Å². The fraction of sp³-hybridized carbons (Fsp3) is 0.200. The summed E-state index contributed by atoms with van der Waals surface area (Å²) < 4.78 is 1.62. The number of aromatic nitrogens is 1. The highest BCUT2D eigenvalue weighted by atomic mass is 16.4. The first-order valence-corrected chi connectivity index (χ1v) is 6.06. The normalized spacial score (nSPS) is 10.4. The molecule has 0 fully saturated rings. The van der Waals surface area contributed by atoms with Crippen molar-refractivity contribution in [2.24, 2.45) is 0 Å². The Labute approximate surface area is 111 Å². The molecule has 1 heterocycles. The van der Waals surface area contributed by atoms with Crippen LogP contribution in [0.1, 0.15) is 33.3 Å². The average molecular weight is 257 g/mol. The maximum absolute atomic E-state index is 11.3. The number of rotatable bonds is 5. The van der Waals surface area contributed by atoms with Gasteiger partial charge in [-0.05, 0) is 25.0 Å². The molecule has 0 radical (unpaired) electrons. The van der Waals surface area contributed by atoms with Gasteiger partial charge in [0.25, 0.3) is 0 Å². The van der Waals surface area contributed by atoms with Gasteiger partial charge in [0.1, 0.15) is 5.69 Å². The molecule has 0 saturated carbocycles. The van der Waals surface area contributed by atoms with Crippen LogP contribution < -0.4 is 0 Å². The van der Waals surface area contributed by atoms with Crippen LogP contribution in [0.2, 0.25) is 0 Å². The van der Waals surface area contributed by atoms with Crippen LogP contribution in [0, 0.1) is 0 Å². The van der Waals surface area contributed by atoms with Gasteiger partial charge in [0.2, 0.25) is 0 Å². The van der Waals surface area contributed by atoms with Gasteiger partial charge in [0, 0.05) is 18.3 Å². The van der Waals surface area contributed by atoms with Crippen molar-refractivity contribution >= 4 is 11.8 Å². The van der Waals surface area contributed by atoms with E-state index in [2.05, 4.69) is 0 Å². The fourth-order valence-corrected chi connectivity index (χ4v) is 1.96. The molecule has 1 aromatic heterocycles. The highest BCUT2D eigenvalue weighted by Gasteiger charge is 2.14. The molecule has 0 saturated heterocycles. The Morgan fingerprint density at radius 1 is 1.21 bits per heavy atom. The summed E-state index contributed by atoms with van der Waals surface area (Å²) in [5, 5.41) is 9.13. The van der Waals surface area contributed by atoms with Gasteiger partial charge >= 0.3 is 5.97 Å². The minimum Gasteiger partial charge on any atom is -0.477 e. The minimum atomic E-state index is -1.01. The van der Waals surface area contributed by atoms with E-state index in [9.17, 15) is 9.59 Å². The molecule has 2 aromatic rings. The highest BCUT2D eigenvalue weighted by molar-refractivity contribution is 5.97. The summed E-state index contributed by atoms with van der Waals surface area (Å²) in [6, 6.07) is 11.3. The zero-order valence-electron chi connectivity index (χ0n) is 10.7. The number of aromatic carboxylic acids is 1. The largest absolute Gasteiger partial charge is 0.477 e. The van der Waals surface area contributed by atoms with Gasteiger partial charge in [-0.1, -0.05) is 30.3 Å². The van der Waals surface area contributed by atoms with E-state index in [1.54, 1.807) is 10.8 Å². The molecule has 1 aromatic carbocycles. The average Bonchev–Trinajstić information content (AvgIpc) is 2.82. The summed E-state index contributed by atoms with van der Waals surface area (Å²) in [7, 11) is 0. The second-order valence-corrected chi connectivity index (χ2v) is 4.40. The molecule has 0 unspecified atom stereocenters. The number of hydrogen-bond acceptors (Lipinski definition) is 2. The molecule has 0 spiro atoms. The van der Waals surface area contributed by atoms with Crippen molar-refractivity contribution in [3.8, 4) is 0 Å². The molecule has 19 heavy (non-hydrogen) atoms. The van der Waals surface area contributed by atoms with Gasteiger partial charge in [-0.25, -0.2) is 4.79 Å². The van der Waals surface area contributed by atoms with Crippen LogP contribution in [0.4, 0.5) is 0 Å². The Kier molecular flexibility index (Phi) is 3.80. The molecule has 0 bridgehead atoms. The van der Waals surface area contributed by atoms with E-state index in [1.807, 2.05) is 30.3 Å². The molecule has 0 aliphatic carbocycles. The number of carbonyl (C=O) groups excluding carboxylic acids is 1. The molecule has 0 amide bonds. The van der Waals surface area contributed by atoms with Gasteiger partial charge in [-0.3, -0.25) is 4.79 Å². The van der Waals surface area contributed by atoms with Gasteiger partial charge in [0.05, 0.1) is 0 Å². The van der Waals surface area contributed by atoms with E-state index in [1.165, 1.54) is 13.0 Å². The number of Topliss-reactive ketones (excluding diaryl/α,β-unsaturated/α-hetero) is 1. The summed E-state index contributed by atoms with van der Waals surface area (Å²) in [6.45, 7) is 1.97. The van der Waals surface area contributed by atoms with Crippen LogP contribution in [-0.4, -0.2) is 21.4 Å². The van der Waals surface area contributed by atoms with Gasteiger partial charge < -0.3 is 9.67 Å². The third-order valence-corrected chi connectivity index (χ3v) is 3.01. The molecule has 2 rings (SSSR count). The summed E-state index contributed by atoms with van der Waals surface area (Å²) in [4.78, 5) is 22.4. The van der Waals surface area contributed by atoms with Crippen molar-refractivity contribution in [1.82, 2.24) is 4.57 Å². The van der Waals surface area contributed by atoms with Crippen molar-refractivity contribution in [2.45, 2.75) is 19.9 Å². The van der Waals surface area contributed by atoms with Crippen LogP contribution >= 0.6 is 0 Å². The second kappa shape index (κ2) is 5.52. The van der Waals surface area contributed by atoms with Gasteiger partial charge in [0.15, 0.2) is 5.78 Å². The van der Waals surface area contributed by atoms with Crippen molar-refractivity contribution in [3.63, 3.8) is 0 Å². The van der Waals surface area contributed by atoms with E-state index >= 15 is 0 Å². The smallest absolute Gasteiger partial charge is 0.352 e. The summed E-state index contributed by atoms with van der Waals surface area (Å²) in [5.74, 6) is -1.14. The molecular weight excluding hydrogens is 242 g/mol. The number of hydrogen-bond donors (Lipinski definition) is 1. The molecule has 0 atom stereocenters. The number of ketones is 1. The Morgan fingerprint density at radius 2 is 1.89 bits per heavy atom. The van der Waals surface area contributed by atoms with Crippen LogP contribution in [0.3, 0.4) is 0 Å². The zero-order valence-corrected chi connectivity index (χ0v) is 10.7. The Balaban J connectivity index is 2.19. The van der Waals surface area contributed by atoms with Crippen LogP contribution in [0.5, 0.6) is 0 Å². The van der Waals surface area contributed by atoms with Gasteiger partial charge in [-0.2, -0.15) is 0 Å². The predicted molar refractivity (Wildman–Crippen MR) is 71.5 cm³/mol. The van der Waals surface area contributed by atoms with Crippen molar-refractivity contribution in [2.75, 3.05) is 0 Å². The van der Waals surface area contributed by atoms with Crippen LogP contribution in [0.25, 0.3) is 0 Å². The molecule has 0 aliphatic heterocycles. The highest BCUT2D eigenvalue weighted by Crippen LogP contribution is 2.11. The van der Waals surface area contributed by atoms with E-state index < -0.39 is 5.97 Å². The standard InChI is InChI=1S/C15H15NO3/c1-11(17)13-9-14(15(18)19)16(10-13)8-7-12-5-3-2-4-6-12/h2-6,9-10H,7-8H2,1H3,(H,18,19). The lowest BCUT2D eigenvalue weighted by Gasteiger charge is -2.06. The van der Waals surface area contributed by atoms with Gasteiger partial charge in [-0.15, -0.1) is 0 Å². The summed E-state index contributed by atoms with van der Waals surface area (Å²) in [6.07, 6.45) is 2.34. The number of carbonyl (C=O) groups is 2. The Morgan fingerprint density at radius 3 is 2.47 bits per heavy atom. The lowest BCUT2D eigenvalue weighted by atomic mass is 10.1. The quantitative estimate of drug-likeness (QED) is 0.838. The first-order valence-electron chi connectivity index (χ1n) is 6.06. The Bertz CT molecular complexity index is 599. The monoisotopic (exact) mass is 257 g/mol. The third-order valence-electron chi connectivity index (χ3n) is 3.01. The molecule has 1 N–H and O–H groups in total. The van der Waals surface area contributed by atoms with Crippen molar-refractivity contribution < 1.29 is 14.7 Å². The number of nitrogens with zero attached hydrogens (tertiary/aromatic N) is 1. The lowest BCUT2D eigenvalue weighted by Crippen LogP contribution is -2.09. The maximum atomic E-state index is 11.3. The molecule has 4 nitrogen and oxygen atoms in total. The first kappa shape index (κ1) is 13.1. The molecule has 4 heteroatoms. The third kappa shape index (κ3) is 3.10. The number of benzene rings is 1. The van der Waals surface area contributed by atoms with Crippen molar-refractivity contribution in [1.29, 1.82) is 0 Å². The molecule has 0 aliphatic rings. The summed E-state index contributed by atoms with van der Waals surface area (Å²) >= 11 is 0. The lowest BCUT2D eigenvalue weighted by molar-refractivity contribution is 0.0685. The number of aryl methyl sites for hydroxylation is 2. The number of carboxylic acid groups (broad SMARTS) is 1. The predicted octanol–water partition coefficient (Wildman–Crippen LogP) is 2.63. The minimum absolute atomic E-state index is 0.124. The van der Waals surface area contributed by atoms with E-state index in [-0.39, 0.29) is 11.5 Å². The van der Waals surface area contributed by atoms with E-state index in [0.717, 1.165) is 12.0 Å². The van der Waals surface area contributed by atoms with E-state index in [0.29, 0.717) is 12.1 Å². The number of carboxylic acids is 1. The van der Waals surface area contributed by atoms with E-state index in [4.69, 9.17) is 5.11 Å². The first-order chi connectivity index (χ1) is 9.08. The maximum Gasteiger partial charge on any atom is 0.352 e. The topological polar surface area (TPSA) is 59.3 Å². The summed E-state index contributed by atoms with van der Waals surface area (Å²) in [5.41, 5.74) is 1.73. The van der Waals surface area contributed by atoms with Crippen molar-refractivity contribution in [3.05, 3.63) is 59.4 Å². The van der Waals surface area contributed by atoms with Crippen LogP contribution in [-0.2, 0) is 13.0 Å². The fourth-order valence-electron chi connectivity index (χ4n) is 1.96. The SMILES string of the molecule is CC(=O)c1cc(C(=O)O)n(CCc2ccccc2)c1. The zero-order chi connectivity index (χ0) is 13.8. The Hall–Kier alpha value is -2.36. The second-order valence-electron chi connectivity index (χ2n) is 4.40. The molecule has 98 valence electrons.